The Bertz CT molecular complexity index is 569. The van der Waals surface area contributed by atoms with Gasteiger partial charge in [-0.1, -0.05) is 6.07 Å². The second-order valence-electron chi connectivity index (χ2n) is 5.79. The van der Waals surface area contributed by atoms with Gasteiger partial charge in [-0.3, -0.25) is 9.59 Å². The molecule has 1 aromatic rings. The first-order valence-electron chi connectivity index (χ1n) is 7.87. The summed E-state index contributed by atoms with van der Waals surface area (Å²) in [6, 6.07) is 4.81. The lowest BCUT2D eigenvalue weighted by atomic mass is 9.96. The van der Waals surface area contributed by atoms with Crippen LogP contribution in [0.5, 0.6) is 5.75 Å². The molecule has 1 heterocycles. The standard InChI is InChI=1S/C17H23FN2O3/c1-12(21)20-9-6-14(7-10-20)17(22)19-8-5-13-3-4-16(23-2)15(18)11-13/h3-4,11,14H,5-10H2,1-2H3,(H,19,22). The molecule has 1 aromatic carbocycles. The summed E-state index contributed by atoms with van der Waals surface area (Å²) in [5.74, 6) is -0.145. The third-order valence-electron chi connectivity index (χ3n) is 4.24. The van der Waals surface area contributed by atoms with Gasteiger partial charge in [0, 0.05) is 32.5 Å². The lowest BCUT2D eigenvalue weighted by Gasteiger charge is -2.30. The number of benzene rings is 1. The summed E-state index contributed by atoms with van der Waals surface area (Å²) in [5, 5.41) is 2.90. The van der Waals surface area contributed by atoms with Crippen LogP contribution in [0.1, 0.15) is 25.3 Å². The average Bonchev–Trinajstić information content (AvgIpc) is 2.55. The number of methoxy groups -OCH3 is 1. The molecule has 6 heteroatoms. The molecule has 0 radical (unpaired) electrons. The van der Waals surface area contributed by atoms with Gasteiger partial charge in [-0.05, 0) is 37.0 Å². The van der Waals surface area contributed by atoms with E-state index >= 15 is 0 Å². The zero-order valence-corrected chi connectivity index (χ0v) is 13.6. The molecular formula is C17H23FN2O3. The first-order valence-corrected chi connectivity index (χ1v) is 7.87. The molecular weight excluding hydrogens is 299 g/mol. The fraction of sp³-hybridized carbons (Fsp3) is 0.529. The number of nitrogens with zero attached hydrogens (tertiary/aromatic N) is 1. The summed E-state index contributed by atoms with van der Waals surface area (Å²) in [7, 11) is 1.43. The second-order valence-corrected chi connectivity index (χ2v) is 5.79. The number of hydrogen-bond donors (Lipinski definition) is 1. The van der Waals surface area contributed by atoms with E-state index in [2.05, 4.69) is 5.32 Å². The Labute approximate surface area is 135 Å². The van der Waals surface area contributed by atoms with Crippen molar-refractivity contribution >= 4 is 11.8 Å². The highest BCUT2D eigenvalue weighted by atomic mass is 19.1. The highest BCUT2D eigenvalue weighted by Gasteiger charge is 2.25. The molecule has 0 aliphatic carbocycles. The number of likely N-dealkylation sites (tertiary alicyclic amines) is 1. The Morgan fingerprint density at radius 1 is 1.35 bits per heavy atom. The summed E-state index contributed by atoms with van der Waals surface area (Å²) < 4.78 is 18.5. The van der Waals surface area contributed by atoms with E-state index in [0.29, 0.717) is 38.9 Å². The number of nitrogens with one attached hydrogen (secondary N) is 1. The van der Waals surface area contributed by atoms with Crippen molar-refractivity contribution in [2.24, 2.45) is 5.92 Å². The van der Waals surface area contributed by atoms with Crippen molar-refractivity contribution in [1.82, 2.24) is 10.2 Å². The predicted octanol–water partition coefficient (Wildman–Crippen LogP) is 1.75. The van der Waals surface area contributed by atoms with Crippen LogP contribution in [0.3, 0.4) is 0 Å². The second kappa shape index (κ2) is 7.94. The lowest BCUT2D eigenvalue weighted by molar-refractivity contribution is -0.133. The number of carbonyl (C=O) groups excluding carboxylic acids is 2. The molecule has 0 aromatic heterocycles. The Hall–Kier alpha value is -2.11. The van der Waals surface area contributed by atoms with Gasteiger partial charge in [0.25, 0.3) is 0 Å². The molecule has 0 atom stereocenters. The molecule has 2 rings (SSSR count). The van der Waals surface area contributed by atoms with Crippen molar-refractivity contribution < 1.29 is 18.7 Å². The highest BCUT2D eigenvalue weighted by molar-refractivity contribution is 5.79. The molecule has 5 nitrogen and oxygen atoms in total. The van der Waals surface area contributed by atoms with Crippen LogP contribution in [0.4, 0.5) is 4.39 Å². The van der Waals surface area contributed by atoms with Gasteiger partial charge in [-0.2, -0.15) is 0 Å². The van der Waals surface area contributed by atoms with Gasteiger partial charge in [0.05, 0.1) is 7.11 Å². The van der Waals surface area contributed by atoms with E-state index in [-0.39, 0.29) is 23.5 Å². The smallest absolute Gasteiger partial charge is 0.223 e. The van der Waals surface area contributed by atoms with E-state index in [1.54, 1.807) is 24.0 Å². The quantitative estimate of drug-likeness (QED) is 0.898. The van der Waals surface area contributed by atoms with Crippen molar-refractivity contribution in [2.45, 2.75) is 26.2 Å². The van der Waals surface area contributed by atoms with Crippen LogP contribution in [-0.4, -0.2) is 43.5 Å². The molecule has 0 saturated carbocycles. The number of halogens is 1. The van der Waals surface area contributed by atoms with E-state index in [1.807, 2.05) is 0 Å². The fourth-order valence-electron chi connectivity index (χ4n) is 2.80. The SMILES string of the molecule is COc1ccc(CCNC(=O)C2CCN(C(C)=O)CC2)cc1F. The average molecular weight is 322 g/mol. The summed E-state index contributed by atoms with van der Waals surface area (Å²) in [5.41, 5.74) is 0.815. The van der Waals surface area contributed by atoms with Crippen LogP contribution < -0.4 is 10.1 Å². The number of carbonyl (C=O) groups is 2. The molecule has 1 aliphatic heterocycles. The zero-order chi connectivity index (χ0) is 16.8. The molecule has 0 spiro atoms. The Kier molecular flexibility index (Phi) is 5.96. The summed E-state index contributed by atoms with van der Waals surface area (Å²) in [6.07, 6.45) is 1.96. The van der Waals surface area contributed by atoms with E-state index in [1.165, 1.54) is 13.2 Å². The first-order chi connectivity index (χ1) is 11.0. The van der Waals surface area contributed by atoms with Crippen LogP contribution in [0.15, 0.2) is 18.2 Å². The first kappa shape index (κ1) is 17.2. The maximum absolute atomic E-state index is 13.6. The van der Waals surface area contributed by atoms with E-state index in [9.17, 15) is 14.0 Å². The molecule has 1 fully saturated rings. The maximum atomic E-state index is 13.6. The number of amides is 2. The minimum atomic E-state index is -0.395. The van der Waals surface area contributed by atoms with Gasteiger partial charge >= 0.3 is 0 Å². The zero-order valence-electron chi connectivity index (χ0n) is 13.6. The summed E-state index contributed by atoms with van der Waals surface area (Å²) in [4.78, 5) is 25.2. The largest absolute Gasteiger partial charge is 0.494 e. The van der Waals surface area contributed by atoms with Crippen molar-refractivity contribution in [1.29, 1.82) is 0 Å². The Morgan fingerprint density at radius 2 is 2.04 bits per heavy atom. The van der Waals surface area contributed by atoms with E-state index in [4.69, 9.17) is 4.74 Å². The van der Waals surface area contributed by atoms with Crippen LogP contribution in [0, 0.1) is 11.7 Å². The topological polar surface area (TPSA) is 58.6 Å². The third-order valence-corrected chi connectivity index (χ3v) is 4.24. The van der Waals surface area contributed by atoms with E-state index < -0.39 is 5.82 Å². The molecule has 2 amide bonds. The minimum absolute atomic E-state index is 0.0159. The van der Waals surface area contributed by atoms with Gasteiger partial charge in [0.1, 0.15) is 0 Å². The van der Waals surface area contributed by atoms with Crippen LogP contribution in [0.25, 0.3) is 0 Å². The number of rotatable bonds is 5. The van der Waals surface area contributed by atoms with Gasteiger partial charge in [-0.25, -0.2) is 4.39 Å². The molecule has 0 bridgehead atoms. The highest BCUT2D eigenvalue weighted by Crippen LogP contribution is 2.19. The number of piperidine rings is 1. The normalized spacial score (nSPS) is 15.3. The maximum Gasteiger partial charge on any atom is 0.223 e. The number of ether oxygens (including phenoxy) is 1. The predicted molar refractivity (Wildman–Crippen MR) is 84.6 cm³/mol. The fourth-order valence-corrected chi connectivity index (χ4v) is 2.80. The molecule has 126 valence electrons. The van der Waals surface area contributed by atoms with Crippen LogP contribution >= 0.6 is 0 Å². The third kappa shape index (κ3) is 4.68. The van der Waals surface area contributed by atoms with Crippen molar-refractivity contribution in [2.75, 3.05) is 26.7 Å². The van der Waals surface area contributed by atoms with Crippen LogP contribution in [-0.2, 0) is 16.0 Å². The summed E-state index contributed by atoms with van der Waals surface area (Å²) in [6.45, 7) is 3.29. The number of hydrogen-bond acceptors (Lipinski definition) is 3. The van der Waals surface area contributed by atoms with Crippen molar-refractivity contribution in [3.8, 4) is 5.75 Å². The van der Waals surface area contributed by atoms with Gasteiger partial charge < -0.3 is 15.0 Å². The molecule has 0 unspecified atom stereocenters. The molecule has 1 N–H and O–H groups in total. The summed E-state index contributed by atoms with van der Waals surface area (Å²) >= 11 is 0. The van der Waals surface area contributed by atoms with Crippen molar-refractivity contribution in [3.05, 3.63) is 29.6 Å². The molecule has 1 aliphatic rings. The van der Waals surface area contributed by atoms with E-state index in [0.717, 1.165) is 5.56 Å². The molecule has 23 heavy (non-hydrogen) atoms. The Balaban J connectivity index is 1.75. The minimum Gasteiger partial charge on any atom is -0.494 e. The van der Waals surface area contributed by atoms with Gasteiger partial charge in [-0.15, -0.1) is 0 Å². The van der Waals surface area contributed by atoms with Gasteiger partial charge in [0.2, 0.25) is 11.8 Å². The van der Waals surface area contributed by atoms with Crippen LogP contribution in [0.2, 0.25) is 0 Å². The van der Waals surface area contributed by atoms with Gasteiger partial charge in [0.15, 0.2) is 11.6 Å². The van der Waals surface area contributed by atoms with Crippen molar-refractivity contribution in [3.63, 3.8) is 0 Å². The lowest BCUT2D eigenvalue weighted by Crippen LogP contribution is -2.42. The Morgan fingerprint density at radius 3 is 2.61 bits per heavy atom. The monoisotopic (exact) mass is 322 g/mol. The molecule has 1 saturated heterocycles.